The molecule has 1 aromatic carbocycles. The van der Waals surface area contributed by atoms with Gasteiger partial charge in [0.1, 0.15) is 12.6 Å². The Kier molecular flexibility index (Phi) is 9.39. The van der Waals surface area contributed by atoms with Gasteiger partial charge in [-0.05, 0) is 37.1 Å². The highest BCUT2D eigenvalue weighted by Gasteiger charge is 2.39. The van der Waals surface area contributed by atoms with Gasteiger partial charge in [0, 0.05) is 19.1 Å². The predicted molar refractivity (Wildman–Crippen MR) is 129 cm³/mol. The second-order valence-electron chi connectivity index (χ2n) is 9.10. The van der Waals surface area contributed by atoms with E-state index in [1.165, 1.54) is 4.90 Å². The molecule has 2 fully saturated rings. The van der Waals surface area contributed by atoms with Crippen LogP contribution in [-0.4, -0.2) is 98.0 Å². The van der Waals surface area contributed by atoms with E-state index in [0.717, 1.165) is 4.90 Å². The van der Waals surface area contributed by atoms with Crippen LogP contribution in [0.2, 0.25) is 0 Å². The number of carboxylic acids is 1. The minimum Gasteiger partial charge on any atom is -0.480 e. The highest BCUT2D eigenvalue weighted by atomic mass is 32.2. The number of hydrogen-bond donors (Lipinski definition) is 5. The maximum Gasteiger partial charge on any atom is 0.416 e. The lowest BCUT2D eigenvalue weighted by Crippen LogP contribution is -2.56. The first-order valence-corrected chi connectivity index (χ1v) is 13.3. The van der Waals surface area contributed by atoms with Gasteiger partial charge in [-0.15, -0.1) is 0 Å². The summed E-state index contributed by atoms with van der Waals surface area (Å²) in [5, 5.41) is 19.4. The highest BCUT2D eigenvalue weighted by molar-refractivity contribution is 7.89. The Morgan fingerprint density at radius 3 is 2.41 bits per heavy atom. The zero-order chi connectivity index (χ0) is 29.0. The maximum atomic E-state index is 13.3. The molecule has 1 aliphatic carbocycles. The quantitative estimate of drug-likeness (QED) is 0.170. The summed E-state index contributed by atoms with van der Waals surface area (Å²) in [6, 6.07) is -0.141. The van der Waals surface area contributed by atoms with Crippen molar-refractivity contribution in [3.8, 4) is 0 Å². The summed E-state index contributed by atoms with van der Waals surface area (Å²) in [6.45, 7) is 0.0161. The Morgan fingerprint density at radius 1 is 1.23 bits per heavy atom. The first kappa shape index (κ1) is 30.1. The third kappa shape index (κ3) is 8.27. The van der Waals surface area contributed by atoms with Crippen LogP contribution in [-0.2, 0) is 35.3 Å². The van der Waals surface area contributed by atoms with Crippen molar-refractivity contribution in [2.75, 3.05) is 32.8 Å². The Hall–Kier alpha value is -3.44. The van der Waals surface area contributed by atoms with Crippen LogP contribution in [0, 0.1) is 5.41 Å². The zero-order valence-corrected chi connectivity index (χ0v) is 21.4. The lowest BCUT2D eigenvalue weighted by atomic mass is 10.1. The molecule has 2 amide bonds. The molecule has 1 saturated carbocycles. The molecule has 0 radical (unpaired) electrons. The van der Waals surface area contributed by atoms with Gasteiger partial charge in [-0.2, -0.15) is 17.9 Å². The second kappa shape index (κ2) is 12.2. The number of benzene rings is 1. The lowest BCUT2D eigenvalue weighted by molar-refractivity contribution is -0.146. The number of aliphatic carboxylic acids is 1. The van der Waals surface area contributed by atoms with Gasteiger partial charge in [0.25, 0.3) is 0 Å². The predicted octanol–water partition coefficient (Wildman–Crippen LogP) is -0.472. The van der Waals surface area contributed by atoms with Gasteiger partial charge < -0.3 is 30.7 Å². The smallest absolute Gasteiger partial charge is 0.416 e. The molecule has 0 unspecified atom stereocenters. The van der Waals surface area contributed by atoms with E-state index >= 15 is 0 Å². The van der Waals surface area contributed by atoms with E-state index in [4.69, 9.17) is 15.9 Å². The SMILES string of the molecule is N=C(N)N1CCOC[C@@H]1CNC(=O)C[C@H](NS(=O)(=O)c1ccc(C(F)(F)F)cc1)C(=O)N(CC(=O)O)C1CC1. The van der Waals surface area contributed by atoms with Crippen molar-refractivity contribution < 1.29 is 45.8 Å². The van der Waals surface area contributed by atoms with Gasteiger partial charge in [0.2, 0.25) is 21.8 Å². The summed E-state index contributed by atoms with van der Waals surface area (Å²) in [4.78, 5) is 39.3. The zero-order valence-electron chi connectivity index (χ0n) is 20.6. The topological polar surface area (TPSA) is 195 Å². The summed E-state index contributed by atoms with van der Waals surface area (Å²) in [5.74, 6) is -3.31. The standard InChI is InChI=1S/C22H29F3N6O7S/c23-22(24,25)13-1-5-16(6-2-13)39(36,37)29-17(20(35)31(11-19(33)34)14-3-4-14)9-18(32)28-10-15-12-38-8-7-30(15)21(26)27/h1-2,5-6,14-15,17,29H,3-4,7-12H2,(H3,26,27)(H,28,32)(H,33,34)/t15-,17-/m0/s1. The molecule has 216 valence electrons. The number of carboxylic acid groups (broad SMARTS) is 1. The van der Waals surface area contributed by atoms with Crippen LogP contribution in [0.3, 0.4) is 0 Å². The number of guanidine groups is 1. The largest absolute Gasteiger partial charge is 0.480 e. The fourth-order valence-corrected chi connectivity index (χ4v) is 5.20. The lowest BCUT2D eigenvalue weighted by Gasteiger charge is -2.36. The molecule has 0 spiro atoms. The molecule has 1 heterocycles. The number of nitrogens with zero attached hydrogens (tertiary/aromatic N) is 2. The number of morpholine rings is 1. The molecular formula is C22H29F3N6O7S. The molecule has 1 aliphatic heterocycles. The number of carbonyl (C=O) groups is 3. The van der Waals surface area contributed by atoms with Crippen LogP contribution in [0.5, 0.6) is 0 Å². The molecule has 2 aliphatic rings. The molecule has 13 nitrogen and oxygen atoms in total. The van der Waals surface area contributed by atoms with Crippen LogP contribution in [0.1, 0.15) is 24.8 Å². The Morgan fingerprint density at radius 2 is 1.87 bits per heavy atom. The molecule has 2 atom stereocenters. The summed E-state index contributed by atoms with van der Waals surface area (Å²) in [7, 11) is -4.60. The summed E-state index contributed by atoms with van der Waals surface area (Å²) in [6.07, 6.45) is -4.44. The Balaban J connectivity index is 1.78. The van der Waals surface area contributed by atoms with Gasteiger partial charge in [-0.1, -0.05) is 0 Å². The normalized spacial score (nSPS) is 18.7. The van der Waals surface area contributed by atoms with Crippen LogP contribution in [0.15, 0.2) is 29.2 Å². The monoisotopic (exact) mass is 578 g/mol. The first-order chi connectivity index (χ1) is 18.2. The van der Waals surface area contributed by atoms with Crippen molar-refractivity contribution in [1.29, 1.82) is 5.41 Å². The van der Waals surface area contributed by atoms with E-state index in [0.29, 0.717) is 50.3 Å². The van der Waals surface area contributed by atoms with Gasteiger partial charge >= 0.3 is 12.1 Å². The second-order valence-corrected chi connectivity index (χ2v) is 10.8. The maximum absolute atomic E-state index is 13.3. The van der Waals surface area contributed by atoms with Crippen molar-refractivity contribution >= 4 is 33.8 Å². The van der Waals surface area contributed by atoms with E-state index in [1.54, 1.807) is 0 Å². The van der Waals surface area contributed by atoms with E-state index < -0.39 is 75.5 Å². The highest BCUT2D eigenvalue weighted by Crippen LogP contribution is 2.30. The van der Waals surface area contributed by atoms with Gasteiger partial charge in [-0.3, -0.25) is 19.8 Å². The summed E-state index contributed by atoms with van der Waals surface area (Å²) >= 11 is 0. The average Bonchev–Trinajstić information content (AvgIpc) is 3.70. The number of halogens is 3. The number of nitrogens with one attached hydrogen (secondary N) is 3. The van der Waals surface area contributed by atoms with E-state index in [2.05, 4.69) is 10.0 Å². The number of rotatable bonds is 11. The van der Waals surface area contributed by atoms with Gasteiger partial charge in [0.05, 0.1) is 36.1 Å². The number of carbonyl (C=O) groups excluding carboxylic acids is 2. The van der Waals surface area contributed by atoms with Crippen LogP contribution >= 0.6 is 0 Å². The molecule has 39 heavy (non-hydrogen) atoms. The third-order valence-corrected chi connectivity index (χ3v) is 7.61. The molecule has 6 N–H and O–H groups in total. The number of ether oxygens (including phenoxy) is 1. The van der Waals surface area contributed by atoms with E-state index in [1.807, 2.05) is 0 Å². The van der Waals surface area contributed by atoms with Gasteiger partial charge in [-0.25, -0.2) is 8.42 Å². The minimum absolute atomic E-state index is 0.0492. The number of sulfonamides is 1. The molecule has 1 saturated heterocycles. The van der Waals surface area contributed by atoms with Crippen LogP contribution in [0.25, 0.3) is 0 Å². The Bertz CT molecular complexity index is 1190. The van der Waals surface area contributed by atoms with Crippen molar-refractivity contribution in [1.82, 2.24) is 19.8 Å². The first-order valence-electron chi connectivity index (χ1n) is 11.9. The summed E-state index contributed by atoms with van der Waals surface area (Å²) < 4.78 is 72.0. The molecular weight excluding hydrogens is 549 g/mol. The van der Waals surface area contributed by atoms with Crippen molar-refractivity contribution in [2.45, 2.75) is 48.5 Å². The molecule has 1 aromatic rings. The van der Waals surface area contributed by atoms with Crippen LogP contribution in [0.4, 0.5) is 13.2 Å². The number of nitrogens with two attached hydrogens (primary N) is 1. The van der Waals surface area contributed by atoms with Gasteiger partial charge in [0.15, 0.2) is 5.96 Å². The number of alkyl halides is 3. The molecule has 3 rings (SSSR count). The molecule has 17 heteroatoms. The van der Waals surface area contributed by atoms with Crippen molar-refractivity contribution in [3.63, 3.8) is 0 Å². The fraction of sp³-hybridized carbons (Fsp3) is 0.545. The van der Waals surface area contributed by atoms with Crippen molar-refractivity contribution in [3.05, 3.63) is 29.8 Å². The van der Waals surface area contributed by atoms with Crippen molar-refractivity contribution in [2.24, 2.45) is 5.73 Å². The average molecular weight is 579 g/mol. The molecule has 0 bridgehead atoms. The Labute approximate surface area is 222 Å². The number of amides is 2. The summed E-state index contributed by atoms with van der Waals surface area (Å²) in [5.41, 5.74) is 4.47. The van der Waals surface area contributed by atoms with Crippen LogP contribution < -0.4 is 15.8 Å². The fourth-order valence-electron chi connectivity index (χ4n) is 4.01. The minimum atomic E-state index is -4.70. The van der Waals surface area contributed by atoms with E-state index in [-0.39, 0.29) is 19.1 Å². The van der Waals surface area contributed by atoms with E-state index in [9.17, 15) is 41.1 Å². The molecule has 0 aromatic heterocycles. The number of hydrogen-bond acceptors (Lipinski definition) is 7. The third-order valence-electron chi connectivity index (χ3n) is 6.13.